The van der Waals surface area contributed by atoms with E-state index in [1.165, 1.54) is 15.7 Å². The van der Waals surface area contributed by atoms with Crippen molar-refractivity contribution >= 4 is 52.0 Å². The molecule has 2 aromatic carbocycles. The first kappa shape index (κ1) is 39.7. The molecule has 19 heteroatoms. The molecule has 1 unspecified atom stereocenters. The van der Waals surface area contributed by atoms with E-state index in [1.807, 2.05) is 18.2 Å². The Kier molecular flexibility index (Phi) is 15.2. The summed E-state index contributed by atoms with van der Waals surface area (Å²) >= 11 is 0. The highest BCUT2D eigenvalue weighted by Gasteiger charge is 2.39. The van der Waals surface area contributed by atoms with Gasteiger partial charge in [0.15, 0.2) is 0 Å². The molecule has 2 amide bonds. The van der Waals surface area contributed by atoms with Gasteiger partial charge in [-0.3, -0.25) is 14.9 Å². The lowest BCUT2D eigenvalue weighted by atomic mass is 10.1. The Labute approximate surface area is 275 Å². The number of amides is 2. The molecule has 1 atom stereocenters. The number of nitrogens with one attached hydrogen (secondary N) is 4. The van der Waals surface area contributed by atoms with Gasteiger partial charge >= 0.3 is 24.3 Å². The summed E-state index contributed by atoms with van der Waals surface area (Å²) in [7, 11) is 1.65. The number of hydrogen-bond acceptors (Lipinski definition) is 9. The molecule has 266 valence electrons. The van der Waals surface area contributed by atoms with Crippen molar-refractivity contribution in [1.29, 1.82) is 0 Å². The molecular formula is C30H33F6N7O6. The summed E-state index contributed by atoms with van der Waals surface area (Å²) in [6.07, 6.45) is -7.26. The second-order valence-corrected chi connectivity index (χ2v) is 9.99. The third-order valence-electron chi connectivity index (χ3n) is 6.35. The number of nitrogens with zero attached hydrogens (tertiary/aromatic N) is 3. The van der Waals surface area contributed by atoms with Gasteiger partial charge in [0.05, 0.1) is 6.54 Å². The maximum absolute atomic E-state index is 12.6. The van der Waals surface area contributed by atoms with Gasteiger partial charge in [0, 0.05) is 38.4 Å². The summed E-state index contributed by atoms with van der Waals surface area (Å²) in [6.45, 7) is 2.41. The van der Waals surface area contributed by atoms with Crippen LogP contribution in [0.1, 0.15) is 12.8 Å². The van der Waals surface area contributed by atoms with Crippen molar-refractivity contribution in [1.82, 2.24) is 20.5 Å². The van der Waals surface area contributed by atoms with Crippen LogP contribution in [0.15, 0.2) is 71.9 Å². The van der Waals surface area contributed by atoms with Crippen LogP contribution in [0.2, 0.25) is 0 Å². The highest BCUT2D eigenvalue weighted by Crippen LogP contribution is 2.19. The number of guanidine groups is 1. The first-order valence-electron chi connectivity index (χ1n) is 14.3. The highest BCUT2D eigenvalue weighted by atomic mass is 19.4. The Morgan fingerprint density at radius 3 is 2.08 bits per heavy atom. The molecule has 1 aliphatic heterocycles. The molecule has 49 heavy (non-hydrogen) atoms. The average molecular weight is 702 g/mol. The molecule has 1 aromatic heterocycles. The molecule has 0 bridgehead atoms. The normalized spacial score (nSPS) is 14.1. The van der Waals surface area contributed by atoms with Crippen molar-refractivity contribution in [3.05, 3.63) is 66.9 Å². The lowest BCUT2D eigenvalue weighted by molar-refractivity contribution is -0.193. The van der Waals surface area contributed by atoms with Gasteiger partial charge in [-0.15, -0.1) is 0 Å². The van der Waals surface area contributed by atoms with Crippen LogP contribution in [0.4, 0.5) is 37.8 Å². The van der Waals surface area contributed by atoms with E-state index in [4.69, 9.17) is 19.8 Å². The van der Waals surface area contributed by atoms with E-state index >= 15 is 0 Å². The number of halogens is 6. The minimum atomic E-state index is -5.08. The molecule has 0 radical (unpaired) electrons. The molecule has 0 aliphatic carbocycles. The van der Waals surface area contributed by atoms with Crippen LogP contribution < -0.4 is 21.3 Å². The van der Waals surface area contributed by atoms with Gasteiger partial charge in [0.2, 0.25) is 11.9 Å². The fourth-order valence-electron chi connectivity index (χ4n) is 3.84. The van der Waals surface area contributed by atoms with E-state index in [0.717, 1.165) is 25.2 Å². The lowest BCUT2D eigenvalue weighted by Gasteiger charge is -2.29. The predicted octanol–water partition coefficient (Wildman–Crippen LogP) is 3.71. The minimum absolute atomic E-state index is 0.0942. The lowest BCUT2D eigenvalue weighted by Crippen LogP contribution is -2.55. The van der Waals surface area contributed by atoms with Gasteiger partial charge in [0.1, 0.15) is 11.9 Å². The van der Waals surface area contributed by atoms with Crippen LogP contribution >= 0.6 is 0 Å². The number of aromatic nitrogens is 1. The number of carboxylic acid groups (broad SMARTS) is 2. The zero-order chi connectivity index (χ0) is 36.6. The number of fused-ring (bicyclic) bond motifs is 1. The van der Waals surface area contributed by atoms with Crippen molar-refractivity contribution < 1.29 is 55.7 Å². The van der Waals surface area contributed by atoms with Crippen molar-refractivity contribution in [2.75, 3.05) is 43.9 Å². The van der Waals surface area contributed by atoms with E-state index in [-0.39, 0.29) is 18.4 Å². The number of likely N-dealkylation sites (N-methyl/N-ethyl adjacent to an activating group) is 1. The summed E-state index contributed by atoms with van der Waals surface area (Å²) in [4.78, 5) is 52.8. The van der Waals surface area contributed by atoms with Crippen molar-refractivity contribution in [2.45, 2.75) is 31.2 Å². The first-order valence-corrected chi connectivity index (χ1v) is 14.3. The van der Waals surface area contributed by atoms with Crippen LogP contribution in [0.3, 0.4) is 0 Å². The number of hydrogen-bond donors (Lipinski definition) is 6. The molecule has 0 saturated carbocycles. The molecule has 6 N–H and O–H groups in total. The van der Waals surface area contributed by atoms with Gasteiger partial charge in [-0.1, -0.05) is 36.4 Å². The van der Waals surface area contributed by atoms with E-state index in [0.29, 0.717) is 24.7 Å². The quantitative estimate of drug-likeness (QED) is 0.135. The number of pyridine rings is 1. The molecule has 4 rings (SSSR count). The second kappa shape index (κ2) is 18.8. The molecule has 1 aliphatic rings. The number of carbonyl (C=O) groups is 4. The van der Waals surface area contributed by atoms with Crippen LogP contribution in [0.5, 0.6) is 0 Å². The number of rotatable bonds is 10. The maximum Gasteiger partial charge on any atom is 0.490 e. The number of aliphatic imine (C=N–C) groups is 1. The second-order valence-electron chi connectivity index (χ2n) is 9.99. The minimum Gasteiger partial charge on any atom is -0.475 e. The number of carboxylic acids is 2. The molecule has 0 fully saturated rings. The number of anilines is 2. The fraction of sp³-hybridized carbons (Fsp3) is 0.333. The van der Waals surface area contributed by atoms with Crippen molar-refractivity contribution in [3.63, 3.8) is 0 Å². The molecule has 13 nitrogen and oxygen atoms in total. The van der Waals surface area contributed by atoms with Gasteiger partial charge in [-0.25, -0.2) is 19.6 Å². The van der Waals surface area contributed by atoms with Crippen LogP contribution in [0, 0.1) is 0 Å². The molecule has 3 aromatic rings. The van der Waals surface area contributed by atoms with Crippen molar-refractivity contribution in [3.8, 4) is 0 Å². The molecule has 2 heterocycles. The predicted molar refractivity (Wildman–Crippen MR) is 167 cm³/mol. The Balaban J connectivity index is 0.000000500. The van der Waals surface area contributed by atoms with Gasteiger partial charge in [-0.05, 0) is 48.0 Å². The monoisotopic (exact) mass is 701 g/mol. The molecular weight excluding hydrogens is 668 g/mol. The number of aliphatic carboxylic acids is 2. The number of benzene rings is 2. The third-order valence-corrected chi connectivity index (χ3v) is 6.35. The third kappa shape index (κ3) is 14.5. The largest absolute Gasteiger partial charge is 0.490 e. The highest BCUT2D eigenvalue weighted by molar-refractivity contribution is 6.07. The van der Waals surface area contributed by atoms with Crippen molar-refractivity contribution in [2.24, 2.45) is 4.99 Å². The Morgan fingerprint density at radius 2 is 1.51 bits per heavy atom. The van der Waals surface area contributed by atoms with Gasteiger partial charge in [-0.2, -0.15) is 26.3 Å². The maximum atomic E-state index is 12.6. The summed E-state index contributed by atoms with van der Waals surface area (Å²) < 4.78 is 63.5. The Hall–Kier alpha value is -5.46. The van der Waals surface area contributed by atoms with E-state index in [9.17, 15) is 35.9 Å². The van der Waals surface area contributed by atoms with Gasteiger partial charge < -0.3 is 31.1 Å². The standard InChI is InChI=1S/C26H31N7O2.2C2HF3O2/c1-33(22-18-30-26(32-25(22)35)31-23-9-4-5-14-29-23)24(34)12-16-27-13-6-15-28-21-11-10-19-7-2-3-8-20(19)17-21;2*3-2(4,5)1(6)7/h2-5,7-11,14,17,22,27-28H,6,12-13,15-16,18H2,1H3,(H2,29,30,31,32,35);2*(H,6,7). The summed E-state index contributed by atoms with van der Waals surface area (Å²) in [6, 6.07) is 19.5. The van der Waals surface area contributed by atoms with E-state index < -0.39 is 30.3 Å². The summed E-state index contributed by atoms with van der Waals surface area (Å²) in [5.74, 6) is -4.94. The average Bonchev–Trinajstić information content (AvgIpc) is 3.04. The number of alkyl halides is 6. The molecule has 0 spiro atoms. The smallest absolute Gasteiger partial charge is 0.475 e. The SMILES string of the molecule is CN(C(=O)CCNCCCNc1ccc2ccccc2c1)C1CN=C(Nc2ccccn2)NC1=O.O=C(O)C(F)(F)F.O=C(O)C(F)(F)F. The Bertz CT molecular complexity index is 1560. The van der Waals surface area contributed by atoms with Crippen LogP contribution in [-0.4, -0.2) is 101 Å². The number of carbonyl (C=O) groups excluding carboxylic acids is 2. The van der Waals surface area contributed by atoms with E-state index in [1.54, 1.807) is 25.4 Å². The zero-order valence-corrected chi connectivity index (χ0v) is 25.8. The van der Waals surface area contributed by atoms with Crippen LogP contribution in [-0.2, 0) is 19.2 Å². The zero-order valence-electron chi connectivity index (χ0n) is 25.8. The summed E-state index contributed by atoms with van der Waals surface area (Å²) in [5.41, 5.74) is 1.10. The van der Waals surface area contributed by atoms with E-state index in [2.05, 4.69) is 61.6 Å². The summed E-state index contributed by atoms with van der Waals surface area (Å²) in [5, 5.41) is 29.1. The van der Waals surface area contributed by atoms with Crippen LogP contribution in [0.25, 0.3) is 10.8 Å². The molecule has 0 saturated heterocycles. The first-order chi connectivity index (χ1) is 23.0. The Morgan fingerprint density at radius 1 is 0.898 bits per heavy atom. The fourth-order valence-corrected chi connectivity index (χ4v) is 3.84. The van der Waals surface area contributed by atoms with Gasteiger partial charge in [0.25, 0.3) is 5.91 Å². The topological polar surface area (TPSA) is 185 Å².